The summed E-state index contributed by atoms with van der Waals surface area (Å²) in [5, 5.41) is 2.54. The first-order valence-corrected chi connectivity index (χ1v) is 20.3. The van der Waals surface area contributed by atoms with Crippen LogP contribution in [0.15, 0.2) is 164 Å². The maximum Gasteiger partial charge on any atom is 0.0543 e. The van der Waals surface area contributed by atoms with Gasteiger partial charge < -0.3 is 9.80 Å². The van der Waals surface area contributed by atoms with Crippen LogP contribution in [0.2, 0.25) is 0 Å². The Morgan fingerprint density at radius 3 is 1.30 bits per heavy atom. The maximum atomic E-state index is 2.54. The van der Waals surface area contributed by atoms with Crippen LogP contribution in [0.5, 0.6) is 0 Å². The second-order valence-electron chi connectivity index (χ2n) is 17.3. The molecule has 0 radical (unpaired) electrons. The molecule has 8 aromatic rings. The molecular weight excluding hydrogens is 689 g/mol. The van der Waals surface area contributed by atoms with Crippen molar-refractivity contribution in [1.82, 2.24) is 0 Å². The van der Waals surface area contributed by atoms with Gasteiger partial charge in [-0.1, -0.05) is 129 Å². The molecule has 0 fully saturated rings. The van der Waals surface area contributed by atoms with Gasteiger partial charge in [-0.2, -0.15) is 0 Å². The third-order valence-corrected chi connectivity index (χ3v) is 12.8. The van der Waals surface area contributed by atoms with Gasteiger partial charge in [-0.3, -0.25) is 0 Å². The van der Waals surface area contributed by atoms with E-state index < -0.39 is 0 Å². The van der Waals surface area contributed by atoms with Crippen molar-refractivity contribution in [3.05, 3.63) is 203 Å². The van der Waals surface area contributed by atoms with Crippen molar-refractivity contribution in [3.63, 3.8) is 0 Å². The Morgan fingerprint density at radius 2 is 0.754 bits per heavy atom. The van der Waals surface area contributed by atoms with Crippen LogP contribution in [0.25, 0.3) is 33.0 Å². The zero-order valence-corrected chi connectivity index (χ0v) is 34.0. The molecule has 0 aliphatic heterocycles. The molecule has 2 aliphatic rings. The van der Waals surface area contributed by atoms with Gasteiger partial charge >= 0.3 is 0 Å². The van der Waals surface area contributed by atoms with E-state index in [1.54, 1.807) is 0 Å². The standard InChI is InChI=1S/C55H48N2.H2/c1-35-16-22-38(23-17-35)56(39-24-18-36(2)19-25-39)40-28-30-42(31-29-40)57(41-26-20-37(3)21-27-41)52-34-51-53(45-14-9-8-13-44(45)52)47-33-49-46(32-50(47)55(51,6)7)43-12-10-11-15-48(43)54(49,4)5;/h8-34H,1-7H3;1H/i;1+1. The topological polar surface area (TPSA) is 6.48 Å². The summed E-state index contributed by atoms with van der Waals surface area (Å²) in [4.78, 5) is 4.81. The lowest BCUT2D eigenvalue weighted by atomic mass is 9.79. The largest absolute Gasteiger partial charge is 0.311 e. The monoisotopic (exact) mass is 739 g/mol. The number of nitrogens with zero attached hydrogens (tertiary/aromatic N) is 2. The number of fused-ring (bicyclic) bond motifs is 8. The lowest BCUT2D eigenvalue weighted by molar-refractivity contribution is 0.652. The predicted molar refractivity (Wildman–Crippen MR) is 245 cm³/mol. The van der Waals surface area contributed by atoms with E-state index in [-0.39, 0.29) is 12.3 Å². The summed E-state index contributed by atoms with van der Waals surface area (Å²) in [6.45, 7) is 16.1. The number of hydrogen-bond acceptors (Lipinski definition) is 2. The van der Waals surface area contributed by atoms with Gasteiger partial charge in [0, 0.05) is 46.1 Å². The summed E-state index contributed by atoms with van der Waals surface area (Å²) in [6.07, 6.45) is 0. The number of benzene rings is 8. The molecular formula is C55H50N2. The van der Waals surface area contributed by atoms with Gasteiger partial charge in [0.05, 0.1) is 5.69 Å². The average molecular weight is 740 g/mol. The van der Waals surface area contributed by atoms with Gasteiger partial charge in [0.2, 0.25) is 0 Å². The molecule has 8 aromatic carbocycles. The summed E-state index contributed by atoms with van der Waals surface area (Å²) in [5.74, 6) is 0. The minimum atomic E-state index is -0.203. The minimum Gasteiger partial charge on any atom is -0.311 e. The van der Waals surface area contributed by atoms with Crippen molar-refractivity contribution < 1.29 is 1.43 Å². The fourth-order valence-electron chi connectivity index (χ4n) is 9.65. The highest BCUT2D eigenvalue weighted by Gasteiger charge is 2.42. The van der Waals surface area contributed by atoms with Gasteiger partial charge in [0.1, 0.15) is 0 Å². The molecule has 0 amide bonds. The molecule has 57 heavy (non-hydrogen) atoms. The molecule has 10 rings (SSSR count). The lowest BCUT2D eigenvalue weighted by Crippen LogP contribution is -2.18. The number of anilines is 6. The average Bonchev–Trinajstić information content (AvgIpc) is 3.59. The first-order valence-electron chi connectivity index (χ1n) is 20.3. The highest BCUT2D eigenvalue weighted by molar-refractivity contribution is 6.10. The summed E-state index contributed by atoms with van der Waals surface area (Å²) >= 11 is 0. The van der Waals surface area contributed by atoms with E-state index in [0.717, 1.165) is 28.4 Å². The highest BCUT2D eigenvalue weighted by Crippen LogP contribution is 2.59. The Hall–Kier alpha value is -6.38. The molecule has 0 bridgehead atoms. The SMILES string of the molecule is Cc1ccc(N(c2ccc(C)cc2)c2ccc(N(c3ccc(C)cc3)c3cc4c(c5ccccc35)-c3cc5c(cc3C4(C)C)-c3ccccc3C5(C)C)cc2)cc1.[2HH]. The minimum absolute atomic E-state index is 0. The van der Waals surface area contributed by atoms with Crippen LogP contribution in [-0.4, -0.2) is 0 Å². The Morgan fingerprint density at radius 1 is 0.351 bits per heavy atom. The van der Waals surface area contributed by atoms with E-state index in [2.05, 4.69) is 222 Å². The molecule has 2 heteroatoms. The van der Waals surface area contributed by atoms with Gasteiger partial charge in [0.15, 0.2) is 0 Å². The molecule has 2 nitrogen and oxygen atoms in total. The molecule has 0 N–H and O–H groups in total. The quantitative estimate of drug-likeness (QED) is 0.168. The maximum absolute atomic E-state index is 2.54. The van der Waals surface area contributed by atoms with Crippen molar-refractivity contribution in [2.24, 2.45) is 0 Å². The first-order chi connectivity index (χ1) is 27.5. The molecule has 2 aliphatic carbocycles. The van der Waals surface area contributed by atoms with Gasteiger partial charge in [-0.05, 0) is 150 Å². The third-order valence-electron chi connectivity index (χ3n) is 12.8. The Bertz CT molecular complexity index is 2800. The zero-order valence-electron chi connectivity index (χ0n) is 34.0. The molecule has 0 saturated heterocycles. The summed E-state index contributed by atoms with van der Waals surface area (Å²) in [7, 11) is 0. The second-order valence-corrected chi connectivity index (χ2v) is 17.3. The van der Waals surface area contributed by atoms with E-state index >= 15 is 0 Å². The molecule has 0 unspecified atom stereocenters. The van der Waals surface area contributed by atoms with Crippen molar-refractivity contribution in [1.29, 1.82) is 0 Å². The molecule has 0 spiro atoms. The van der Waals surface area contributed by atoms with Crippen LogP contribution < -0.4 is 9.80 Å². The summed E-state index contributed by atoms with van der Waals surface area (Å²) in [6, 6.07) is 61.3. The van der Waals surface area contributed by atoms with Crippen molar-refractivity contribution in [3.8, 4) is 22.3 Å². The molecule has 0 heterocycles. The van der Waals surface area contributed by atoms with Crippen molar-refractivity contribution in [2.75, 3.05) is 9.80 Å². The Labute approximate surface area is 339 Å². The summed E-state index contributed by atoms with van der Waals surface area (Å²) in [5.41, 5.74) is 21.4. The van der Waals surface area contributed by atoms with E-state index in [0.29, 0.717) is 0 Å². The van der Waals surface area contributed by atoms with Crippen LogP contribution in [0.4, 0.5) is 34.1 Å². The molecule has 280 valence electrons. The van der Waals surface area contributed by atoms with Crippen LogP contribution in [0.1, 0.15) is 68.1 Å². The van der Waals surface area contributed by atoms with Crippen LogP contribution in [-0.2, 0) is 10.8 Å². The summed E-state index contributed by atoms with van der Waals surface area (Å²) < 4.78 is 0. The van der Waals surface area contributed by atoms with Crippen LogP contribution >= 0.6 is 0 Å². The predicted octanol–water partition coefficient (Wildman–Crippen LogP) is 15.6. The highest BCUT2D eigenvalue weighted by atomic mass is 15.2. The zero-order chi connectivity index (χ0) is 39.2. The smallest absolute Gasteiger partial charge is 0.0543 e. The van der Waals surface area contributed by atoms with Gasteiger partial charge in [-0.15, -0.1) is 0 Å². The van der Waals surface area contributed by atoms with Gasteiger partial charge in [0.25, 0.3) is 0 Å². The Kier molecular flexibility index (Phi) is 7.89. The number of aryl methyl sites for hydroxylation is 3. The second kappa shape index (κ2) is 12.8. The van der Waals surface area contributed by atoms with Crippen molar-refractivity contribution >= 4 is 44.9 Å². The van der Waals surface area contributed by atoms with E-state index in [9.17, 15) is 0 Å². The number of rotatable bonds is 6. The first kappa shape index (κ1) is 35.1. The number of hydrogen-bond donors (Lipinski definition) is 0. The van der Waals surface area contributed by atoms with Crippen LogP contribution in [0, 0.1) is 20.8 Å². The Balaban J connectivity index is 0.00000436. The normalized spacial score (nSPS) is 14.2. The van der Waals surface area contributed by atoms with E-state index in [1.807, 2.05) is 0 Å². The van der Waals surface area contributed by atoms with Gasteiger partial charge in [-0.25, -0.2) is 0 Å². The van der Waals surface area contributed by atoms with Crippen molar-refractivity contribution in [2.45, 2.75) is 59.3 Å². The molecule has 0 atom stereocenters. The van der Waals surface area contributed by atoms with E-state index in [4.69, 9.17) is 0 Å². The molecule has 0 aromatic heterocycles. The molecule has 0 saturated carbocycles. The fraction of sp³-hybridized carbons (Fsp3) is 0.164. The fourth-order valence-corrected chi connectivity index (χ4v) is 9.65. The third kappa shape index (κ3) is 5.46. The van der Waals surface area contributed by atoms with Crippen LogP contribution in [0.3, 0.4) is 0 Å². The lowest BCUT2D eigenvalue weighted by Gasteiger charge is -2.31. The van der Waals surface area contributed by atoms with E-state index in [1.165, 1.54) is 77.7 Å².